The van der Waals surface area contributed by atoms with Gasteiger partial charge in [0.25, 0.3) is 0 Å². The van der Waals surface area contributed by atoms with Gasteiger partial charge in [0.1, 0.15) is 36.6 Å². The zero-order valence-electron chi connectivity index (χ0n) is 15.9. The first-order valence-electron chi connectivity index (χ1n) is 7.72. The van der Waals surface area contributed by atoms with Crippen LogP contribution in [0.2, 0.25) is 0 Å². The molecule has 11 heteroatoms. The van der Waals surface area contributed by atoms with E-state index in [-0.39, 0.29) is 36.6 Å². The molecule has 3 N–H and O–H groups in total. The van der Waals surface area contributed by atoms with Crippen LogP contribution in [0.25, 0.3) is 0 Å². The number of Topliss-reactive ketones (excluding diaryl/α,β-unsaturated/α-hetero) is 3. The Morgan fingerprint density at radius 3 is 1.00 bits per heavy atom. The van der Waals surface area contributed by atoms with E-state index in [2.05, 4.69) is 6.92 Å². The van der Waals surface area contributed by atoms with Crippen LogP contribution in [0.4, 0.5) is 0 Å². The molecule has 0 saturated heterocycles. The van der Waals surface area contributed by atoms with E-state index >= 15 is 0 Å². The second-order valence-corrected chi connectivity index (χ2v) is 5.73. The fourth-order valence-electron chi connectivity index (χ4n) is 0.855. The van der Waals surface area contributed by atoms with E-state index in [0.29, 0.717) is 0 Å². The van der Waals surface area contributed by atoms with Crippen molar-refractivity contribution < 1.29 is 72.1 Å². The number of carbonyl (C=O) groups excluding carboxylic acids is 3. The van der Waals surface area contributed by atoms with Crippen molar-refractivity contribution in [3.8, 4) is 0 Å². The topological polar surface area (TPSA) is 172 Å². The zero-order chi connectivity index (χ0) is 22.4. The first-order chi connectivity index (χ1) is 12.3. The number of unbranched alkanes of at least 4 members (excludes halogenated alkanes) is 1. The van der Waals surface area contributed by atoms with E-state index < -0.39 is 17.9 Å². The second kappa shape index (κ2) is 24.3. The summed E-state index contributed by atoms with van der Waals surface area (Å²) >= 11 is 1.19. The number of hydrogen-bond acceptors (Lipinski definition) is 7. The monoisotopic (exact) mass is 469 g/mol. The number of carboxylic acids is 3. The minimum absolute atomic E-state index is 0.312. The maximum absolute atomic E-state index is 9.87. The fraction of sp³-hybridized carbons (Fsp3) is 0.625. The Morgan fingerprint density at radius 1 is 0.704 bits per heavy atom. The van der Waals surface area contributed by atoms with Gasteiger partial charge in [-0.3, -0.25) is 28.8 Å². The average molecular weight is 471 g/mol. The van der Waals surface area contributed by atoms with Crippen LogP contribution in [-0.4, -0.2) is 57.2 Å². The molecule has 0 heterocycles. The molecule has 0 aromatic carbocycles. The molecule has 0 aliphatic heterocycles. The Hall–Kier alpha value is -1.74. The van der Waals surface area contributed by atoms with Crippen LogP contribution in [0.15, 0.2) is 0 Å². The van der Waals surface area contributed by atoms with Gasteiger partial charge in [0.2, 0.25) is 0 Å². The molecule has 0 radical (unpaired) electrons. The number of rotatable bonds is 9. The van der Waals surface area contributed by atoms with Crippen molar-refractivity contribution in [2.45, 2.75) is 59.8 Å². The first-order valence-corrected chi connectivity index (χ1v) is 8.72. The summed E-state index contributed by atoms with van der Waals surface area (Å²) in [5.74, 6) is -4.12. The molecule has 0 unspecified atom stereocenters. The van der Waals surface area contributed by atoms with E-state index in [4.69, 9.17) is 18.1 Å². The number of carboxylic acid groups (broad SMARTS) is 3. The van der Waals surface area contributed by atoms with Gasteiger partial charge in [0.05, 0.1) is 0 Å². The zero-order valence-corrected chi connectivity index (χ0v) is 18.4. The Labute approximate surface area is 173 Å². The van der Waals surface area contributed by atoms with Crippen LogP contribution in [0.1, 0.15) is 59.8 Å². The molecule has 0 atom stereocenters. The molecule has 27 heavy (non-hydrogen) atoms. The van der Waals surface area contributed by atoms with Crippen molar-refractivity contribution in [2.24, 2.45) is 0 Å². The molecule has 10 nitrogen and oxygen atoms in total. The number of ketones is 3. The summed E-state index contributed by atoms with van der Waals surface area (Å²) in [4.78, 5) is 58.4. The summed E-state index contributed by atoms with van der Waals surface area (Å²) in [5.41, 5.74) is 0. The summed E-state index contributed by atoms with van der Waals surface area (Å²) in [6.45, 7) is 6.85. The summed E-state index contributed by atoms with van der Waals surface area (Å²) < 4.78 is 4.87. The number of hydrogen-bond donors (Lipinski definition) is 3. The number of aliphatic carboxylic acids is 3. The third-order valence-electron chi connectivity index (χ3n) is 1.80. The van der Waals surface area contributed by atoms with Crippen LogP contribution >= 0.6 is 0 Å². The molecular weight excluding hydrogens is 443 g/mol. The van der Waals surface area contributed by atoms with Crippen molar-refractivity contribution >= 4 is 35.3 Å². The molecule has 0 aromatic heterocycles. The molecule has 0 amide bonds. The molecule has 0 aromatic rings. The van der Waals surface area contributed by atoms with E-state index in [9.17, 15) is 28.8 Å². The Morgan fingerprint density at radius 2 is 0.963 bits per heavy atom. The van der Waals surface area contributed by atoms with Gasteiger partial charge < -0.3 is 15.3 Å². The van der Waals surface area contributed by atoms with Crippen LogP contribution in [0.3, 0.4) is 0 Å². The quantitative estimate of drug-likeness (QED) is 0.330. The molecule has 0 spiro atoms. The Kier molecular flexibility index (Phi) is 29.6. The summed E-state index contributed by atoms with van der Waals surface area (Å²) in [6, 6.07) is 0. The van der Waals surface area contributed by atoms with Gasteiger partial charge in [0.15, 0.2) is 0 Å². The third kappa shape index (κ3) is 68.4. The molecule has 0 aliphatic rings. The van der Waals surface area contributed by atoms with Gasteiger partial charge in [-0.2, -0.15) is 0 Å². The van der Waals surface area contributed by atoms with Crippen molar-refractivity contribution in [3.05, 3.63) is 0 Å². The summed E-state index contributed by atoms with van der Waals surface area (Å²) in [5, 5.41) is 23.6. The van der Waals surface area contributed by atoms with Gasteiger partial charge >= 0.3 is 72.3 Å². The molecular formula is C16H27O10Zr. The van der Waals surface area contributed by atoms with Crippen molar-refractivity contribution in [2.75, 3.05) is 6.61 Å². The van der Waals surface area contributed by atoms with Crippen molar-refractivity contribution in [1.29, 1.82) is 0 Å². The van der Waals surface area contributed by atoms with E-state index in [0.717, 1.165) is 6.61 Å². The normalized spacial score (nSPS) is 8.26. The molecule has 0 rings (SSSR count). The van der Waals surface area contributed by atoms with E-state index in [1.165, 1.54) is 58.8 Å². The maximum atomic E-state index is 9.87. The van der Waals surface area contributed by atoms with Crippen LogP contribution in [0.5, 0.6) is 0 Å². The first kappa shape index (κ1) is 32.9. The van der Waals surface area contributed by atoms with Crippen LogP contribution in [-0.2, 0) is 56.7 Å². The van der Waals surface area contributed by atoms with Gasteiger partial charge in [-0.15, -0.1) is 0 Å². The summed E-state index contributed by atoms with van der Waals surface area (Å²) in [7, 11) is 0. The van der Waals surface area contributed by atoms with E-state index in [1.807, 2.05) is 0 Å². The van der Waals surface area contributed by atoms with Crippen LogP contribution < -0.4 is 0 Å². The fourth-order valence-corrected chi connectivity index (χ4v) is 1.21. The van der Waals surface area contributed by atoms with E-state index in [1.54, 1.807) is 0 Å². The van der Waals surface area contributed by atoms with Gasteiger partial charge in [-0.25, -0.2) is 0 Å². The molecule has 0 aliphatic carbocycles. The molecule has 155 valence electrons. The second-order valence-electron chi connectivity index (χ2n) is 5.02. The Bertz CT molecular complexity index is 372. The average Bonchev–Trinajstić information content (AvgIpc) is 2.42. The molecule has 0 bridgehead atoms. The van der Waals surface area contributed by atoms with Crippen molar-refractivity contribution in [1.82, 2.24) is 0 Å². The number of carbonyl (C=O) groups is 6. The molecule has 0 fully saturated rings. The van der Waals surface area contributed by atoms with Crippen LogP contribution in [0, 0.1) is 0 Å². The third-order valence-corrected chi connectivity index (χ3v) is 2.30. The predicted octanol–water partition coefficient (Wildman–Crippen LogP) is 1.42. The van der Waals surface area contributed by atoms with Gasteiger partial charge in [-0.1, -0.05) is 0 Å². The minimum atomic E-state index is -1.06. The molecule has 0 saturated carbocycles. The predicted molar refractivity (Wildman–Crippen MR) is 89.7 cm³/mol. The Balaban J connectivity index is -0.000000131. The van der Waals surface area contributed by atoms with Gasteiger partial charge in [-0.05, 0) is 20.8 Å². The standard InChI is InChI=1S/3C4H6O3.C4H9O.Zr/c3*1-3(5)2-4(6)7;1-2-3-4-5;/h3*2H2,1H3,(H,6,7);2-4H2,1H3;/q;;;-1;+1. The SMILES string of the molecule is CC(=O)CC(=O)O.CC(=O)CC(=O)O.CC(=O)CC(=O)O.CCCC[O][Zr]. The van der Waals surface area contributed by atoms with Crippen molar-refractivity contribution in [3.63, 3.8) is 0 Å². The van der Waals surface area contributed by atoms with Gasteiger partial charge in [0, 0.05) is 0 Å². The summed E-state index contributed by atoms with van der Waals surface area (Å²) in [6.07, 6.45) is 1.37.